The lowest BCUT2D eigenvalue weighted by Gasteiger charge is -2.11. The first-order valence-electron chi connectivity index (χ1n) is 5.79. The van der Waals surface area contributed by atoms with Crippen molar-refractivity contribution in [1.82, 2.24) is 0 Å². The zero-order chi connectivity index (χ0) is 12.3. The summed E-state index contributed by atoms with van der Waals surface area (Å²) in [6.45, 7) is 2.06. The molecule has 0 atom stereocenters. The highest BCUT2D eigenvalue weighted by Gasteiger charge is 2.09. The monoisotopic (exact) mass is 228 g/mol. The second-order valence-electron chi connectivity index (χ2n) is 4.07. The Morgan fingerprint density at radius 3 is 2.18 bits per heavy atom. The topological polar surface area (TPSA) is 40.5 Å². The van der Waals surface area contributed by atoms with E-state index in [1.807, 2.05) is 24.3 Å². The lowest BCUT2D eigenvalue weighted by atomic mass is 9.97. The van der Waals surface area contributed by atoms with E-state index in [4.69, 9.17) is 0 Å². The molecule has 0 fully saturated rings. The molecule has 2 nitrogen and oxygen atoms in total. The first-order chi connectivity index (χ1) is 8.22. The number of aromatic hydroxyl groups is 2. The van der Waals surface area contributed by atoms with Gasteiger partial charge in [0.05, 0.1) is 0 Å². The molecule has 0 aromatic heterocycles. The van der Waals surface area contributed by atoms with Crippen LogP contribution in [0.1, 0.15) is 23.6 Å². The fourth-order valence-electron chi connectivity index (χ4n) is 2.01. The third kappa shape index (κ3) is 2.41. The van der Waals surface area contributed by atoms with Gasteiger partial charge in [-0.05, 0) is 29.7 Å². The van der Waals surface area contributed by atoms with E-state index >= 15 is 0 Å². The molecule has 0 aliphatic carbocycles. The van der Waals surface area contributed by atoms with Crippen molar-refractivity contribution < 1.29 is 10.2 Å². The molecule has 2 N–H and O–H groups in total. The van der Waals surface area contributed by atoms with Gasteiger partial charge in [-0.2, -0.15) is 0 Å². The van der Waals surface area contributed by atoms with Gasteiger partial charge in [0.25, 0.3) is 0 Å². The Labute approximate surface area is 101 Å². The van der Waals surface area contributed by atoms with E-state index < -0.39 is 0 Å². The van der Waals surface area contributed by atoms with Crippen LogP contribution in [0.15, 0.2) is 42.5 Å². The maximum Gasteiger partial charge on any atom is 0.119 e. The van der Waals surface area contributed by atoms with Crippen LogP contribution in [0.25, 0.3) is 0 Å². The van der Waals surface area contributed by atoms with Crippen LogP contribution in [0.2, 0.25) is 0 Å². The third-order valence-electron chi connectivity index (χ3n) is 2.99. The zero-order valence-corrected chi connectivity index (χ0v) is 9.85. The van der Waals surface area contributed by atoms with Crippen molar-refractivity contribution in [2.24, 2.45) is 0 Å². The minimum absolute atomic E-state index is 0.276. The summed E-state index contributed by atoms with van der Waals surface area (Å²) in [7, 11) is 0. The van der Waals surface area contributed by atoms with Gasteiger partial charge >= 0.3 is 0 Å². The van der Waals surface area contributed by atoms with Gasteiger partial charge in [0.1, 0.15) is 11.5 Å². The van der Waals surface area contributed by atoms with Gasteiger partial charge in [-0.15, -0.1) is 0 Å². The Bertz CT molecular complexity index is 518. The maximum atomic E-state index is 9.89. The van der Waals surface area contributed by atoms with E-state index in [1.54, 1.807) is 18.2 Å². The second kappa shape index (κ2) is 4.91. The van der Waals surface area contributed by atoms with Crippen molar-refractivity contribution in [3.63, 3.8) is 0 Å². The second-order valence-corrected chi connectivity index (χ2v) is 4.07. The number of hydrogen-bond donors (Lipinski definition) is 2. The van der Waals surface area contributed by atoms with Gasteiger partial charge in [0.2, 0.25) is 0 Å². The molecule has 88 valence electrons. The van der Waals surface area contributed by atoms with Crippen LogP contribution in [0.3, 0.4) is 0 Å². The largest absolute Gasteiger partial charge is 0.508 e. The van der Waals surface area contributed by atoms with Crippen molar-refractivity contribution >= 4 is 0 Å². The van der Waals surface area contributed by atoms with Gasteiger partial charge in [-0.25, -0.2) is 0 Å². The van der Waals surface area contributed by atoms with E-state index in [1.165, 1.54) is 0 Å². The number of hydrogen-bond acceptors (Lipinski definition) is 2. The number of phenols is 2. The van der Waals surface area contributed by atoms with Crippen LogP contribution in [0, 0.1) is 0 Å². The lowest BCUT2D eigenvalue weighted by Crippen LogP contribution is -1.95. The maximum absolute atomic E-state index is 9.89. The molecule has 2 aromatic carbocycles. The van der Waals surface area contributed by atoms with E-state index in [-0.39, 0.29) is 5.75 Å². The first kappa shape index (κ1) is 11.5. The molecule has 0 spiro atoms. The molecular formula is C15H16O2. The zero-order valence-electron chi connectivity index (χ0n) is 9.85. The van der Waals surface area contributed by atoms with Crippen molar-refractivity contribution in [3.8, 4) is 11.5 Å². The Kier molecular flexibility index (Phi) is 3.33. The molecule has 2 heteroatoms. The van der Waals surface area contributed by atoms with E-state index in [0.717, 1.165) is 23.1 Å². The smallest absolute Gasteiger partial charge is 0.119 e. The Hall–Kier alpha value is -1.96. The van der Waals surface area contributed by atoms with Crippen molar-refractivity contribution in [1.29, 1.82) is 0 Å². The molecular weight excluding hydrogens is 212 g/mol. The van der Waals surface area contributed by atoms with Crippen LogP contribution in [-0.2, 0) is 12.8 Å². The molecule has 0 bridgehead atoms. The van der Waals surface area contributed by atoms with Crippen molar-refractivity contribution in [2.45, 2.75) is 19.8 Å². The third-order valence-corrected chi connectivity index (χ3v) is 2.99. The van der Waals surface area contributed by atoms with E-state index in [9.17, 15) is 10.2 Å². The van der Waals surface area contributed by atoms with Gasteiger partial charge < -0.3 is 10.2 Å². The summed E-state index contributed by atoms with van der Waals surface area (Å²) in [6, 6.07) is 12.8. The van der Waals surface area contributed by atoms with Crippen molar-refractivity contribution in [2.75, 3.05) is 0 Å². The Balaban J connectivity index is 2.39. The summed E-state index contributed by atoms with van der Waals surface area (Å²) in [4.78, 5) is 0. The summed E-state index contributed by atoms with van der Waals surface area (Å²) in [6.07, 6.45) is 1.43. The number of aryl methyl sites for hydroxylation is 1. The highest BCUT2D eigenvalue weighted by Crippen LogP contribution is 2.27. The number of rotatable bonds is 3. The molecule has 0 saturated carbocycles. The quantitative estimate of drug-likeness (QED) is 0.846. The Morgan fingerprint density at radius 2 is 1.47 bits per heavy atom. The predicted octanol–water partition coefficient (Wildman–Crippen LogP) is 3.25. The Morgan fingerprint density at radius 1 is 0.824 bits per heavy atom. The number of phenolic OH excluding ortho intramolecular Hbond substituents is 2. The molecule has 2 rings (SSSR count). The first-order valence-corrected chi connectivity index (χ1v) is 5.79. The summed E-state index contributed by atoms with van der Waals surface area (Å²) in [5.41, 5.74) is 2.86. The molecule has 0 aliphatic rings. The fourth-order valence-corrected chi connectivity index (χ4v) is 2.01. The molecule has 0 heterocycles. The number of benzene rings is 2. The van der Waals surface area contributed by atoms with Crippen LogP contribution in [-0.4, -0.2) is 10.2 Å². The molecule has 0 aliphatic heterocycles. The van der Waals surface area contributed by atoms with Crippen LogP contribution in [0.4, 0.5) is 0 Å². The van der Waals surface area contributed by atoms with Gasteiger partial charge in [-0.1, -0.05) is 37.3 Å². The summed E-state index contributed by atoms with van der Waals surface area (Å²) >= 11 is 0. The lowest BCUT2D eigenvalue weighted by molar-refractivity contribution is 0.462. The molecule has 0 radical (unpaired) electrons. The minimum Gasteiger partial charge on any atom is -0.508 e. The summed E-state index contributed by atoms with van der Waals surface area (Å²) in [5, 5.41) is 19.6. The molecule has 17 heavy (non-hydrogen) atoms. The highest BCUT2D eigenvalue weighted by atomic mass is 16.3. The normalized spacial score (nSPS) is 10.4. The molecule has 0 saturated heterocycles. The summed E-state index contributed by atoms with van der Waals surface area (Å²) in [5.74, 6) is 0.574. The van der Waals surface area contributed by atoms with Gasteiger partial charge in [0.15, 0.2) is 0 Å². The van der Waals surface area contributed by atoms with Gasteiger partial charge in [-0.3, -0.25) is 0 Å². The fraction of sp³-hybridized carbons (Fsp3) is 0.200. The van der Waals surface area contributed by atoms with Gasteiger partial charge in [0, 0.05) is 12.0 Å². The van der Waals surface area contributed by atoms with Crippen molar-refractivity contribution in [3.05, 3.63) is 59.2 Å². The molecule has 0 amide bonds. The standard InChI is InChI=1S/C15H16O2/c1-2-11-7-5-9-15(17)13(11)10-12-6-3-4-8-14(12)16/h3-9,16-17H,2,10H2,1H3. The SMILES string of the molecule is CCc1cccc(O)c1Cc1ccccc1O. The molecule has 0 unspecified atom stereocenters. The van der Waals surface area contributed by atoms with Crippen LogP contribution >= 0.6 is 0 Å². The van der Waals surface area contributed by atoms with E-state index in [2.05, 4.69) is 6.92 Å². The minimum atomic E-state index is 0.276. The average molecular weight is 228 g/mol. The molecule has 2 aromatic rings. The predicted molar refractivity (Wildman–Crippen MR) is 68.4 cm³/mol. The summed E-state index contributed by atoms with van der Waals surface area (Å²) < 4.78 is 0. The highest BCUT2D eigenvalue weighted by molar-refractivity contribution is 5.45. The van der Waals surface area contributed by atoms with Crippen LogP contribution < -0.4 is 0 Å². The van der Waals surface area contributed by atoms with Crippen LogP contribution in [0.5, 0.6) is 11.5 Å². The van der Waals surface area contributed by atoms with E-state index in [0.29, 0.717) is 12.2 Å². The number of para-hydroxylation sites is 1. The average Bonchev–Trinajstić information content (AvgIpc) is 2.34.